The van der Waals surface area contributed by atoms with Gasteiger partial charge in [0.05, 0.1) is 20.8 Å². The maximum atomic E-state index is 11.3. The lowest BCUT2D eigenvalue weighted by atomic mass is 10.0. The van der Waals surface area contributed by atoms with Gasteiger partial charge in [0, 0.05) is 5.56 Å². The van der Waals surface area contributed by atoms with E-state index in [1.807, 2.05) is 25.1 Å². The van der Waals surface area contributed by atoms with Crippen LogP contribution in [0, 0.1) is 0 Å². The molecule has 3 N–H and O–H groups in total. The van der Waals surface area contributed by atoms with Crippen LogP contribution in [0.3, 0.4) is 0 Å². The summed E-state index contributed by atoms with van der Waals surface area (Å²) >= 11 is 0. The fourth-order valence-corrected chi connectivity index (χ4v) is 1.67. The molecule has 0 amide bonds. The van der Waals surface area contributed by atoms with Crippen molar-refractivity contribution in [3.8, 4) is 11.5 Å². The van der Waals surface area contributed by atoms with Gasteiger partial charge in [-0.3, -0.25) is 4.79 Å². The number of quaternary nitrogens is 1. The number of carbonyl (C=O) groups is 1. The topological polar surface area (TPSA) is 72.4 Å². The van der Waals surface area contributed by atoms with Crippen molar-refractivity contribution in [3.05, 3.63) is 23.8 Å². The number of rotatable bonds is 7. The van der Waals surface area contributed by atoms with Crippen molar-refractivity contribution in [2.75, 3.05) is 20.8 Å². The first kappa shape index (κ1) is 15.3. The zero-order valence-electron chi connectivity index (χ0n) is 11.8. The van der Waals surface area contributed by atoms with Crippen LogP contribution in [0.2, 0.25) is 0 Å². The molecule has 106 valence electrons. The van der Waals surface area contributed by atoms with Crippen LogP contribution >= 0.6 is 0 Å². The number of carbonyl (C=O) groups excluding carboxylic acids is 1. The Morgan fingerprint density at radius 3 is 2.63 bits per heavy atom. The lowest BCUT2D eigenvalue weighted by Crippen LogP contribution is -2.54. The zero-order valence-corrected chi connectivity index (χ0v) is 11.8. The summed E-state index contributed by atoms with van der Waals surface area (Å²) in [5.74, 6) is 1.09. The lowest BCUT2D eigenvalue weighted by molar-refractivity contribution is -0.425. The Balaban J connectivity index is 2.87. The maximum Gasteiger partial charge on any atom is 0.311 e. The Kier molecular flexibility index (Phi) is 6.15. The van der Waals surface area contributed by atoms with E-state index in [2.05, 4.69) is 10.5 Å². The third-order valence-corrected chi connectivity index (χ3v) is 2.76. The standard InChI is InChI=1S/C14H21NO4/c1-4-7-19-13-8-10(5-6-12(13)17-2)11(15)9-14(16)18-3/h5-6,8,11H,4,7,9,15H2,1-3H3/p+1/t11-/m1/s1. The Morgan fingerprint density at radius 2 is 2.05 bits per heavy atom. The monoisotopic (exact) mass is 268 g/mol. The molecule has 0 aliphatic carbocycles. The van der Waals surface area contributed by atoms with Crippen LogP contribution in [-0.2, 0) is 9.53 Å². The van der Waals surface area contributed by atoms with Gasteiger partial charge in [-0.05, 0) is 24.6 Å². The molecule has 0 bridgehead atoms. The summed E-state index contributed by atoms with van der Waals surface area (Å²) in [6.07, 6.45) is 1.17. The summed E-state index contributed by atoms with van der Waals surface area (Å²) in [4.78, 5) is 11.3. The zero-order chi connectivity index (χ0) is 14.3. The Bertz CT molecular complexity index is 420. The Hall–Kier alpha value is -1.75. The molecular formula is C14H22NO4+. The molecule has 0 aliphatic rings. The molecule has 0 unspecified atom stereocenters. The lowest BCUT2D eigenvalue weighted by Gasteiger charge is -2.13. The predicted molar refractivity (Wildman–Crippen MR) is 71.0 cm³/mol. The number of benzene rings is 1. The fraction of sp³-hybridized carbons (Fsp3) is 0.500. The van der Waals surface area contributed by atoms with E-state index in [-0.39, 0.29) is 18.4 Å². The van der Waals surface area contributed by atoms with E-state index in [0.29, 0.717) is 18.1 Å². The normalized spacial score (nSPS) is 11.8. The molecule has 1 atom stereocenters. The molecule has 1 rings (SSSR count). The Morgan fingerprint density at radius 1 is 1.32 bits per heavy atom. The van der Waals surface area contributed by atoms with Crippen molar-refractivity contribution in [3.63, 3.8) is 0 Å². The van der Waals surface area contributed by atoms with Crippen LogP contribution in [0.1, 0.15) is 31.4 Å². The van der Waals surface area contributed by atoms with E-state index < -0.39 is 0 Å². The highest BCUT2D eigenvalue weighted by Gasteiger charge is 2.17. The van der Waals surface area contributed by atoms with E-state index in [1.54, 1.807) is 7.11 Å². The van der Waals surface area contributed by atoms with E-state index in [1.165, 1.54) is 7.11 Å². The molecule has 5 heteroatoms. The van der Waals surface area contributed by atoms with Crippen molar-refractivity contribution in [1.29, 1.82) is 0 Å². The largest absolute Gasteiger partial charge is 0.493 e. The van der Waals surface area contributed by atoms with Crippen LogP contribution in [0.15, 0.2) is 18.2 Å². The molecule has 0 aliphatic heterocycles. The van der Waals surface area contributed by atoms with E-state index >= 15 is 0 Å². The number of hydrogen-bond donors (Lipinski definition) is 1. The summed E-state index contributed by atoms with van der Waals surface area (Å²) in [5, 5.41) is 0. The molecule has 0 saturated carbocycles. The third-order valence-electron chi connectivity index (χ3n) is 2.76. The summed E-state index contributed by atoms with van der Waals surface area (Å²) in [7, 11) is 2.98. The van der Waals surface area contributed by atoms with Crippen LogP contribution < -0.4 is 15.2 Å². The molecule has 19 heavy (non-hydrogen) atoms. The van der Waals surface area contributed by atoms with Gasteiger partial charge in [-0.1, -0.05) is 6.92 Å². The van der Waals surface area contributed by atoms with Gasteiger partial charge in [0.1, 0.15) is 12.5 Å². The van der Waals surface area contributed by atoms with Crippen molar-refractivity contribution < 1.29 is 24.7 Å². The van der Waals surface area contributed by atoms with Crippen molar-refractivity contribution in [1.82, 2.24) is 0 Å². The van der Waals surface area contributed by atoms with Crippen LogP contribution in [0.25, 0.3) is 0 Å². The van der Waals surface area contributed by atoms with E-state index in [0.717, 1.165) is 12.0 Å². The van der Waals surface area contributed by atoms with Gasteiger partial charge in [0.2, 0.25) is 0 Å². The van der Waals surface area contributed by atoms with E-state index in [9.17, 15) is 4.79 Å². The van der Waals surface area contributed by atoms with Gasteiger partial charge >= 0.3 is 5.97 Å². The molecule has 1 aromatic carbocycles. The van der Waals surface area contributed by atoms with Gasteiger partial charge in [0.15, 0.2) is 11.5 Å². The molecule has 1 aromatic rings. The van der Waals surface area contributed by atoms with Gasteiger partial charge in [-0.2, -0.15) is 0 Å². The highest BCUT2D eigenvalue weighted by atomic mass is 16.5. The molecule has 0 heterocycles. The second-order valence-electron chi connectivity index (χ2n) is 4.24. The second kappa shape index (κ2) is 7.63. The van der Waals surface area contributed by atoms with Crippen molar-refractivity contribution >= 4 is 5.97 Å². The summed E-state index contributed by atoms with van der Waals surface area (Å²) < 4.78 is 15.5. The summed E-state index contributed by atoms with van der Waals surface area (Å²) in [6, 6.07) is 5.42. The number of hydrogen-bond acceptors (Lipinski definition) is 4. The molecule has 0 spiro atoms. The molecule has 0 fully saturated rings. The van der Waals surface area contributed by atoms with Crippen LogP contribution in [0.4, 0.5) is 0 Å². The smallest absolute Gasteiger partial charge is 0.311 e. The third kappa shape index (κ3) is 4.44. The van der Waals surface area contributed by atoms with Crippen molar-refractivity contribution in [2.24, 2.45) is 0 Å². The minimum Gasteiger partial charge on any atom is -0.493 e. The molecule has 0 radical (unpaired) electrons. The average Bonchev–Trinajstić information content (AvgIpc) is 2.44. The maximum absolute atomic E-state index is 11.3. The first-order valence-corrected chi connectivity index (χ1v) is 6.33. The first-order valence-electron chi connectivity index (χ1n) is 6.33. The number of esters is 1. The summed E-state index contributed by atoms with van der Waals surface area (Å²) in [5.41, 5.74) is 4.90. The molecule has 0 saturated heterocycles. The number of ether oxygens (including phenoxy) is 3. The quantitative estimate of drug-likeness (QED) is 0.757. The minimum atomic E-state index is -0.271. The summed E-state index contributed by atoms with van der Waals surface area (Å²) in [6.45, 7) is 2.66. The fourth-order valence-electron chi connectivity index (χ4n) is 1.67. The van der Waals surface area contributed by atoms with Crippen molar-refractivity contribution in [2.45, 2.75) is 25.8 Å². The second-order valence-corrected chi connectivity index (χ2v) is 4.24. The SMILES string of the molecule is CCCOc1cc([C@H]([NH3+])CC(=O)OC)ccc1OC. The predicted octanol–water partition coefficient (Wildman–Crippen LogP) is 1.33. The molecular weight excluding hydrogens is 246 g/mol. The highest BCUT2D eigenvalue weighted by Crippen LogP contribution is 2.30. The Labute approximate surface area is 113 Å². The average molecular weight is 268 g/mol. The molecule has 0 aromatic heterocycles. The molecule has 5 nitrogen and oxygen atoms in total. The van der Waals surface area contributed by atoms with Crippen LogP contribution in [0.5, 0.6) is 11.5 Å². The first-order chi connectivity index (χ1) is 9.12. The van der Waals surface area contributed by atoms with Gasteiger partial charge in [-0.25, -0.2) is 0 Å². The highest BCUT2D eigenvalue weighted by molar-refractivity contribution is 5.70. The van der Waals surface area contributed by atoms with Gasteiger partial charge in [-0.15, -0.1) is 0 Å². The minimum absolute atomic E-state index is 0.165. The van der Waals surface area contributed by atoms with Gasteiger partial charge < -0.3 is 19.9 Å². The van der Waals surface area contributed by atoms with E-state index in [4.69, 9.17) is 9.47 Å². The van der Waals surface area contributed by atoms with Crippen LogP contribution in [-0.4, -0.2) is 26.8 Å². The van der Waals surface area contributed by atoms with Gasteiger partial charge in [0.25, 0.3) is 0 Å². The number of methoxy groups -OCH3 is 2.